The van der Waals surface area contributed by atoms with Gasteiger partial charge in [-0.25, -0.2) is 9.79 Å². The first-order valence-electron chi connectivity index (χ1n) is 6.96. The van der Waals surface area contributed by atoms with Gasteiger partial charge >= 0.3 is 5.97 Å². The molecule has 0 spiro atoms. The predicted octanol–water partition coefficient (Wildman–Crippen LogP) is 2.64. The molecule has 1 aromatic carbocycles. The lowest BCUT2D eigenvalue weighted by molar-refractivity contribution is -0.146. The van der Waals surface area contributed by atoms with Gasteiger partial charge in [-0.2, -0.15) is 0 Å². The number of halogens is 1. The fraction of sp³-hybridized carbons (Fsp3) is 0.188. The summed E-state index contributed by atoms with van der Waals surface area (Å²) in [5, 5.41) is 13.0. The molecule has 2 aliphatic rings. The minimum absolute atomic E-state index is 0.294. The molecule has 1 unspecified atom stereocenters. The van der Waals surface area contributed by atoms with Crippen LogP contribution in [-0.2, 0) is 9.59 Å². The number of benzene rings is 1. The number of aliphatic carboxylic acids is 1. The molecule has 0 aromatic heterocycles. The molecule has 1 aromatic rings. The molecule has 2 N–H and O–H groups in total. The third-order valence-electron chi connectivity index (χ3n) is 3.66. The molecule has 0 saturated heterocycles. The van der Waals surface area contributed by atoms with E-state index < -0.39 is 11.6 Å². The van der Waals surface area contributed by atoms with E-state index in [0.29, 0.717) is 22.2 Å². The molecular weight excluding hydrogens is 318 g/mol. The van der Waals surface area contributed by atoms with Crippen molar-refractivity contribution in [2.75, 3.05) is 5.32 Å². The zero-order valence-electron chi connectivity index (χ0n) is 12.3. The Morgan fingerprint density at radius 1 is 1.48 bits per heavy atom. The zero-order valence-corrected chi connectivity index (χ0v) is 13.0. The molecule has 1 atom stereocenters. The lowest BCUT2D eigenvalue weighted by Gasteiger charge is -2.37. The number of fused-ring (bicyclic) bond motifs is 1. The highest BCUT2D eigenvalue weighted by Crippen LogP contribution is 2.30. The first kappa shape index (κ1) is 15.3. The number of rotatable bonds is 3. The lowest BCUT2D eigenvalue weighted by atomic mass is 10.0. The summed E-state index contributed by atoms with van der Waals surface area (Å²) in [6, 6.07) is 6.64. The minimum atomic E-state index is -1.75. The van der Waals surface area contributed by atoms with Crippen LogP contribution in [0.3, 0.4) is 0 Å². The smallest absolute Gasteiger partial charge is 0.353 e. The number of hydrogen-bond acceptors (Lipinski definition) is 4. The van der Waals surface area contributed by atoms with Gasteiger partial charge in [0.2, 0.25) is 11.6 Å². The zero-order chi connectivity index (χ0) is 16.6. The molecule has 0 bridgehead atoms. The van der Waals surface area contributed by atoms with Crippen molar-refractivity contribution in [2.24, 2.45) is 4.99 Å². The Morgan fingerprint density at radius 2 is 2.26 bits per heavy atom. The minimum Gasteiger partial charge on any atom is -0.478 e. The van der Waals surface area contributed by atoms with Crippen molar-refractivity contribution in [1.82, 2.24) is 4.90 Å². The van der Waals surface area contributed by atoms with Gasteiger partial charge in [0.15, 0.2) is 0 Å². The quantitative estimate of drug-likeness (QED) is 0.892. The van der Waals surface area contributed by atoms with Gasteiger partial charge in [-0.3, -0.25) is 9.69 Å². The van der Waals surface area contributed by atoms with E-state index in [9.17, 15) is 14.7 Å². The van der Waals surface area contributed by atoms with Crippen LogP contribution >= 0.6 is 11.6 Å². The maximum atomic E-state index is 12.5. The molecule has 0 aliphatic carbocycles. The maximum Gasteiger partial charge on any atom is 0.353 e. The second kappa shape index (κ2) is 5.55. The predicted molar refractivity (Wildman–Crippen MR) is 87.2 cm³/mol. The molecule has 0 saturated carbocycles. The number of carbonyl (C=O) groups excluding carboxylic acids is 1. The maximum absolute atomic E-state index is 12.5. The SMILES string of the molecule is CC1=CC=CC2=NC(Nc3cccc(Cl)c3)(C(=O)O)CC(=O)N12. The van der Waals surface area contributed by atoms with Crippen molar-refractivity contribution < 1.29 is 14.7 Å². The van der Waals surface area contributed by atoms with Crippen molar-refractivity contribution in [1.29, 1.82) is 0 Å². The molecule has 0 fully saturated rings. The molecule has 6 nitrogen and oxygen atoms in total. The standard InChI is InChI=1S/C16H14ClN3O3/c1-10-4-2-7-13-19-16(15(22)23,9-14(21)20(10)13)18-12-6-3-5-11(17)8-12/h2-8,18H,9H2,1H3,(H,22,23). The van der Waals surface area contributed by atoms with Gasteiger partial charge in [0.25, 0.3) is 0 Å². The fourth-order valence-electron chi connectivity index (χ4n) is 2.60. The number of amidine groups is 1. The van der Waals surface area contributed by atoms with Crippen molar-refractivity contribution in [2.45, 2.75) is 19.0 Å². The number of nitrogens with zero attached hydrogens (tertiary/aromatic N) is 2. The Hall–Kier alpha value is -2.60. The molecule has 118 valence electrons. The summed E-state index contributed by atoms with van der Waals surface area (Å²) in [5.74, 6) is -1.25. The summed E-state index contributed by atoms with van der Waals surface area (Å²) in [4.78, 5) is 30.0. The number of nitrogens with one attached hydrogen (secondary N) is 1. The van der Waals surface area contributed by atoms with Crippen LogP contribution in [-0.4, -0.2) is 33.4 Å². The summed E-state index contributed by atoms with van der Waals surface area (Å²) in [6.07, 6.45) is 4.82. The van der Waals surface area contributed by atoms with Gasteiger partial charge in [0.1, 0.15) is 5.84 Å². The highest BCUT2D eigenvalue weighted by molar-refractivity contribution is 6.30. The van der Waals surface area contributed by atoms with Crippen LogP contribution in [0.5, 0.6) is 0 Å². The number of carboxylic acid groups (broad SMARTS) is 1. The van der Waals surface area contributed by atoms with Gasteiger partial charge in [-0.05, 0) is 37.3 Å². The van der Waals surface area contributed by atoms with Crippen molar-refractivity contribution in [3.8, 4) is 0 Å². The van der Waals surface area contributed by atoms with Crippen LogP contribution in [0.4, 0.5) is 5.69 Å². The molecule has 1 amide bonds. The molecule has 3 rings (SSSR count). The number of aliphatic imine (C=N–C) groups is 1. The van der Waals surface area contributed by atoms with E-state index in [-0.39, 0.29) is 12.3 Å². The van der Waals surface area contributed by atoms with Gasteiger partial charge in [-0.15, -0.1) is 0 Å². The average molecular weight is 332 g/mol. The average Bonchev–Trinajstić information content (AvgIpc) is 2.46. The number of amides is 1. The number of hydrogen-bond donors (Lipinski definition) is 2. The molecule has 23 heavy (non-hydrogen) atoms. The van der Waals surface area contributed by atoms with Gasteiger partial charge in [-0.1, -0.05) is 23.7 Å². The van der Waals surface area contributed by atoms with E-state index in [2.05, 4.69) is 10.3 Å². The van der Waals surface area contributed by atoms with E-state index in [0.717, 1.165) is 0 Å². The summed E-state index contributed by atoms with van der Waals surface area (Å²) in [7, 11) is 0. The molecule has 0 radical (unpaired) electrons. The summed E-state index contributed by atoms with van der Waals surface area (Å²) in [5.41, 5.74) is -0.564. The molecule has 2 heterocycles. The van der Waals surface area contributed by atoms with Gasteiger partial charge < -0.3 is 10.4 Å². The van der Waals surface area contributed by atoms with Crippen molar-refractivity contribution in [3.63, 3.8) is 0 Å². The van der Waals surface area contributed by atoms with Crippen LogP contribution in [0.25, 0.3) is 0 Å². The van der Waals surface area contributed by atoms with Crippen LogP contribution in [0.15, 0.2) is 53.2 Å². The van der Waals surface area contributed by atoms with Crippen molar-refractivity contribution >= 4 is 35.0 Å². The fourth-order valence-corrected chi connectivity index (χ4v) is 2.79. The summed E-state index contributed by atoms with van der Waals surface area (Å²) < 4.78 is 0. The number of allylic oxidation sites excluding steroid dienone is 3. The Balaban J connectivity index is 2.04. The Morgan fingerprint density at radius 3 is 2.96 bits per heavy atom. The van der Waals surface area contributed by atoms with E-state index in [4.69, 9.17) is 11.6 Å². The van der Waals surface area contributed by atoms with Crippen LogP contribution in [0.2, 0.25) is 5.02 Å². The summed E-state index contributed by atoms with van der Waals surface area (Å²) in [6.45, 7) is 1.77. The third-order valence-corrected chi connectivity index (χ3v) is 3.89. The summed E-state index contributed by atoms with van der Waals surface area (Å²) >= 11 is 5.93. The Labute approximate surface area is 137 Å². The second-order valence-corrected chi connectivity index (χ2v) is 5.78. The topological polar surface area (TPSA) is 82.0 Å². The Kier molecular flexibility index (Phi) is 3.69. The van der Waals surface area contributed by atoms with Gasteiger partial charge in [0.05, 0.1) is 6.42 Å². The number of anilines is 1. The van der Waals surface area contributed by atoms with E-state index >= 15 is 0 Å². The molecular formula is C16H14ClN3O3. The Bertz CT molecular complexity index is 785. The number of carbonyl (C=O) groups is 2. The van der Waals surface area contributed by atoms with Crippen LogP contribution in [0.1, 0.15) is 13.3 Å². The van der Waals surface area contributed by atoms with Gasteiger partial charge in [0, 0.05) is 16.4 Å². The van der Waals surface area contributed by atoms with Crippen molar-refractivity contribution in [3.05, 3.63) is 53.2 Å². The molecule has 7 heteroatoms. The van der Waals surface area contributed by atoms with E-state index in [1.54, 1.807) is 49.4 Å². The third kappa shape index (κ3) is 2.73. The first-order valence-corrected chi connectivity index (χ1v) is 7.34. The lowest BCUT2D eigenvalue weighted by Crippen LogP contribution is -2.55. The van der Waals surface area contributed by atoms with E-state index in [1.807, 2.05) is 0 Å². The monoisotopic (exact) mass is 331 g/mol. The number of carboxylic acids is 1. The first-order chi connectivity index (χ1) is 10.9. The van der Waals surface area contributed by atoms with Crippen LogP contribution in [0, 0.1) is 0 Å². The highest BCUT2D eigenvalue weighted by Gasteiger charge is 2.47. The van der Waals surface area contributed by atoms with Crippen LogP contribution < -0.4 is 5.32 Å². The van der Waals surface area contributed by atoms with E-state index in [1.165, 1.54) is 4.90 Å². The highest BCUT2D eigenvalue weighted by atomic mass is 35.5. The normalized spacial score (nSPS) is 23.0. The molecule has 2 aliphatic heterocycles. The second-order valence-electron chi connectivity index (χ2n) is 5.34. The largest absolute Gasteiger partial charge is 0.478 e.